The van der Waals surface area contributed by atoms with Crippen LogP contribution in [0, 0.1) is 11.3 Å². The second-order valence-corrected chi connectivity index (χ2v) is 6.65. The highest BCUT2D eigenvalue weighted by Gasteiger charge is 2.18. The highest BCUT2D eigenvalue weighted by molar-refractivity contribution is 6.30. The lowest BCUT2D eigenvalue weighted by molar-refractivity contribution is 0.318. The second-order valence-electron chi connectivity index (χ2n) is 6.21. The fourth-order valence-corrected chi connectivity index (χ4v) is 1.95. The summed E-state index contributed by atoms with van der Waals surface area (Å²) in [7, 11) is 0. The van der Waals surface area contributed by atoms with Crippen molar-refractivity contribution in [2.45, 2.75) is 40.7 Å². The summed E-state index contributed by atoms with van der Waals surface area (Å²) in [6.07, 6.45) is 0. The van der Waals surface area contributed by atoms with Gasteiger partial charge in [0.2, 0.25) is 0 Å². The number of hydrogen-bond acceptors (Lipinski definition) is 1. The van der Waals surface area contributed by atoms with Crippen LogP contribution in [0.2, 0.25) is 5.02 Å². The van der Waals surface area contributed by atoms with Gasteiger partial charge in [0.15, 0.2) is 0 Å². The van der Waals surface area contributed by atoms with Gasteiger partial charge in [0, 0.05) is 17.6 Å². The summed E-state index contributed by atoms with van der Waals surface area (Å²) in [6.45, 7) is 12.3. The van der Waals surface area contributed by atoms with Gasteiger partial charge in [0.25, 0.3) is 0 Å². The minimum absolute atomic E-state index is 0.305. The molecule has 1 atom stereocenters. The zero-order valence-corrected chi connectivity index (χ0v) is 12.3. The highest BCUT2D eigenvalue weighted by atomic mass is 35.5. The van der Waals surface area contributed by atoms with Gasteiger partial charge in [-0.15, -0.1) is 0 Å². The Kier molecular flexibility index (Phi) is 5.03. The summed E-state index contributed by atoms with van der Waals surface area (Å²) in [6, 6.07) is 8.55. The minimum Gasteiger partial charge on any atom is -0.309 e. The number of rotatable bonds is 4. The molecule has 1 aromatic rings. The molecular formula is C15H24ClN. The van der Waals surface area contributed by atoms with Gasteiger partial charge in [-0.2, -0.15) is 0 Å². The second kappa shape index (κ2) is 5.88. The molecular weight excluding hydrogens is 230 g/mol. The molecule has 0 aliphatic rings. The number of hydrogen-bond donors (Lipinski definition) is 1. The molecule has 96 valence electrons. The largest absolute Gasteiger partial charge is 0.309 e. The van der Waals surface area contributed by atoms with Crippen LogP contribution in [0.25, 0.3) is 0 Å². The van der Waals surface area contributed by atoms with E-state index in [1.807, 2.05) is 12.1 Å². The van der Waals surface area contributed by atoms with Crippen LogP contribution in [0.3, 0.4) is 0 Å². The summed E-state index contributed by atoms with van der Waals surface area (Å²) in [5.74, 6) is 0.568. The van der Waals surface area contributed by atoms with Gasteiger partial charge >= 0.3 is 0 Å². The first-order chi connectivity index (χ1) is 7.79. The Balaban J connectivity index is 2.76. The van der Waals surface area contributed by atoms with Crippen molar-refractivity contribution in [2.75, 3.05) is 6.54 Å². The van der Waals surface area contributed by atoms with Crippen LogP contribution in [0.1, 0.15) is 46.2 Å². The molecule has 0 aromatic heterocycles. The maximum absolute atomic E-state index is 5.93. The van der Waals surface area contributed by atoms with E-state index in [4.69, 9.17) is 11.6 Å². The van der Waals surface area contributed by atoms with Crippen LogP contribution in [0.5, 0.6) is 0 Å². The van der Waals surface area contributed by atoms with Crippen molar-refractivity contribution in [2.24, 2.45) is 11.3 Å². The fourth-order valence-electron chi connectivity index (χ4n) is 1.82. The third kappa shape index (κ3) is 5.10. The van der Waals surface area contributed by atoms with Gasteiger partial charge in [-0.05, 0) is 29.0 Å². The van der Waals surface area contributed by atoms with Crippen molar-refractivity contribution in [3.63, 3.8) is 0 Å². The SMILES string of the molecule is CC(C)C(NCC(C)(C)C)c1ccc(Cl)cc1. The Morgan fingerprint density at radius 3 is 2.06 bits per heavy atom. The van der Waals surface area contributed by atoms with E-state index in [0.29, 0.717) is 17.4 Å². The summed E-state index contributed by atoms with van der Waals surface area (Å²) < 4.78 is 0. The van der Waals surface area contributed by atoms with E-state index >= 15 is 0 Å². The smallest absolute Gasteiger partial charge is 0.0406 e. The minimum atomic E-state index is 0.305. The molecule has 1 rings (SSSR count). The van der Waals surface area contributed by atoms with E-state index in [1.165, 1.54) is 5.56 Å². The lowest BCUT2D eigenvalue weighted by atomic mass is 9.92. The van der Waals surface area contributed by atoms with Gasteiger partial charge < -0.3 is 5.32 Å². The topological polar surface area (TPSA) is 12.0 Å². The molecule has 17 heavy (non-hydrogen) atoms. The van der Waals surface area contributed by atoms with E-state index in [-0.39, 0.29) is 0 Å². The Labute approximate surface area is 111 Å². The molecule has 2 heteroatoms. The van der Waals surface area contributed by atoms with Gasteiger partial charge in [-0.25, -0.2) is 0 Å². The molecule has 1 aromatic carbocycles. The summed E-state index contributed by atoms with van der Waals surface area (Å²) in [5.41, 5.74) is 1.62. The van der Waals surface area contributed by atoms with Crippen molar-refractivity contribution in [1.82, 2.24) is 5.32 Å². The van der Waals surface area contributed by atoms with Crippen molar-refractivity contribution < 1.29 is 0 Å². The molecule has 0 fully saturated rings. The van der Waals surface area contributed by atoms with E-state index in [2.05, 4.69) is 52.1 Å². The van der Waals surface area contributed by atoms with E-state index in [0.717, 1.165) is 11.6 Å². The number of benzene rings is 1. The van der Waals surface area contributed by atoms with Gasteiger partial charge in [0.05, 0.1) is 0 Å². The van der Waals surface area contributed by atoms with E-state index in [1.54, 1.807) is 0 Å². The molecule has 1 unspecified atom stereocenters. The molecule has 0 spiro atoms. The predicted molar refractivity (Wildman–Crippen MR) is 76.5 cm³/mol. The Bertz CT molecular complexity index is 335. The molecule has 0 aliphatic carbocycles. The molecule has 0 saturated heterocycles. The van der Waals surface area contributed by atoms with Crippen molar-refractivity contribution in [1.29, 1.82) is 0 Å². The average molecular weight is 254 g/mol. The van der Waals surface area contributed by atoms with Crippen LogP contribution >= 0.6 is 11.6 Å². The Morgan fingerprint density at radius 1 is 1.12 bits per heavy atom. The lowest BCUT2D eigenvalue weighted by Crippen LogP contribution is -2.33. The first-order valence-electron chi connectivity index (χ1n) is 6.28. The lowest BCUT2D eigenvalue weighted by Gasteiger charge is -2.28. The van der Waals surface area contributed by atoms with Crippen LogP contribution in [0.4, 0.5) is 0 Å². The molecule has 1 nitrogen and oxygen atoms in total. The van der Waals surface area contributed by atoms with Crippen molar-refractivity contribution in [3.05, 3.63) is 34.9 Å². The maximum atomic E-state index is 5.93. The van der Waals surface area contributed by atoms with Gasteiger partial charge in [0.1, 0.15) is 0 Å². The van der Waals surface area contributed by atoms with Crippen LogP contribution in [-0.2, 0) is 0 Å². The molecule has 0 saturated carbocycles. The first kappa shape index (κ1) is 14.5. The molecule has 0 aliphatic heterocycles. The maximum Gasteiger partial charge on any atom is 0.0406 e. The normalized spacial score (nSPS) is 14.1. The third-order valence-corrected chi connectivity index (χ3v) is 3.00. The standard InChI is InChI=1S/C15H24ClN/c1-11(2)14(17-10-15(3,4)5)12-6-8-13(16)9-7-12/h6-9,11,14,17H,10H2,1-5H3. The average Bonchev–Trinajstić information content (AvgIpc) is 2.18. The fraction of sp³-hybridized carbons (Fsp3) is 0.600. The summed E-state index contributed by atoms with van der Waals surface area (Å²) in [4.78, 5) is 0. The van der Waals surface area contributed by atoms with Gasteiger partial charge in [-0.3, -0.25) is 0 Å². The highest BCUT2D eigenvalue weighted by Crippen LogP contribution is 2.24. The van der Waals surface area contributed by atoms with Crippen molar-refractivity contribution >= 4 is 11.6 Å². The number of nitrogens with one attached hydrogen (secondary N) is 1. The summed E-state index contributed by atoms with van der Waals surface area (Å²) in [5, 5.41) is 4.45. The van der Waals surface area contributed by atoms with Crippen molar-refractivity contribution in [3.8, 4) is 0 Å². The van der Waals surface area contributed by atoms with Crippen LogP contribution < -0.4 is 5.32 Å². The van der Waals surface area contributed by atoms with E-state index < -0.39 is 0 Å². The number of halogens is 1. The zero-order chi connectivity index (χ0) is 13.1. The molecule has 0 bridgehead atoms. The predicted octanol–water partition coefficient (Wildman–Crippen LogP) is 4.67. The Morgan fingerprint density at radius 2 is 1.65 bits per heavy atom. The van der Waals surface area contributed by atoms with Gasteiger partial charge in [-0.1, -0.05) is 58.4 Å². The zero-order valence-electron chi connectivity index (χ0n) is 11.5. The van der Waals surface area contributed by atoms with Crippen LogP contribution in [0.15, 0.2) is 24.3 Å². The molecule has 0 radical (unpaired) electrons. The molecule has 0 heterocycles. The first-order valence-corrected chi connectivity index (χ1v) is 6.66. The van der Waals surface area contributed by atoms with E-state index in [9.17, 15) is 0 Å². The quantitative estimate of drug-likeness (QED) is 0.822. The molecule has 1 N–H and O–H groups in total. The Hall–Kier alpha value is -0.530. The monoisotopic (exact) mass is 253 g/mol. The third-order valence-electron chi connectivity index (χ3n) is 2.75. The van der Waals surface area contributed by atoms with Crippen LogP contribution in [-0.4, -0.2) is 6.54 Å². The summed E-state index contributed by atoms with van der Waals surface area (Å²) >= 11 is 5.93. The molecule has 0 amide bonds.